The maximum atomic E-state index is 14.8. The van der Waals surface area contributed by atoms with Gasteiger partial charge in [-0.05, 0) is 108 Å². The van der Waals surface area contributed by atoms with Crippen molar-refractivity contribution in [1.29, 1.82) is 0 Å². The van der Waals surface area contributed by atoms with Gasteiger partial charge >= 0.3 is 5.97 Å². The molecule has 1 saturated heterocycles. The zero-order valence-corrected chi connectivity index (χ0v) is 39.5. The summed E-state index contributed by atoms with van der Waals surface area (Å²) in [6.07, 6.45) is 7.80. The molecule has 4 fully saturated rings. The van der Waals surface area contributed by atoms with Crippen LogP contribution in [0.2, 0.25) is 0 Å². The number of hydrogen-bond donors (Lipinski definition) is 1. The highest BCUT2D eigenvalue weighted by molar-refractivity contribution is 7.89. The number of ether oxygens (including phenoxy) is 4. The number of rotatable bonds is 12. The highest BCUT2D eigenvalue weighted by Gasteiger charge is 2.72. The van der Waals surface area contributed by atoms with Gasteiger partial charge in [-0.15, -0.1) is 0 Å². The minimum Gasteiger partial charge on any atom is -0.461 e. The molecule has 7 rings (SSSR count). The van der Waals surface area contributed by atoms with Gasteiger partial charge in [0, 0.05) is 17.9 Å². The Morgan fingerprint density at radius 1 is 0.933 bits per heavy atom. The Morgan fingerprint density at radius 2 is 1.62 bits per heavy atom. The molecule has 1 aliphatic heterocycles. The summed E-state index contributed by atoms with van der Waals surface area (Å²) in [7, 11) is -1.98. The normalized spacial score (nSPS) is 37.5. The topological polar surface area (TPSA) is 100 Å². The molecule has 2 bridgehead atoms. The van der Waals surface area contributed by atoms with Gasteiger partial charge < -0.3 is 18.9 Å². The van der Waals surface area contributed by atoms with E-state index >= 15 is 0 Å². The second kappa shape index (κ2) is 16.2. The molecule has 9 heteroatoms. The van der Waals surface area contributed by atoms with Crippen molar-refractivity contribution in [2.45, 2.75) is 144 Å². The van der Waals surface area contributed by atoms with Gasteiger partial charge in [-0.2, -0.15) is 0 Å². The van der Waals surface area contributed by atoms with E-state index in [2.05, 4.69) is 80.0 Å². The molecule has 0 radical (unpaired) electrons. The molecule has 2 aromatic rings. The van der Waals surface area contributed by atoms with Crippen molar-refractivity contribution in [3.63, 3.8) is 0 Å². The van der Waals surface area contributed by atoms with Crippen molar-refractivity contribution < 1.29 is 32.2 Å². The van der Waals surface area contributed by atoms with Gasteiger partial charge in [-0.1, -0.05) is 129 Å². The number of hydrogen-bond acceptors (Lipinski definition) is 7. The molecule has 1 N–H and O–H groups in total. The van der Waals surface area contributed by atoms with Crippen LogP contribution in [0.15, 0.2) is 71.1 Å². The molecule has 3 saturated carbocycles. The van der Waals surface area contributed by atoms with Crippen molar-refractivity contribution in [2.24, 2.45) is 62.1 Å². The van der Waals surface area contributed by atoms with Crippen molar-refractivity contribution in [1.82, 2.24) is 4.72 Å². The Labute approximate surface area is 362 Å². The molecule has 4 aliphatic carbocycles. The first-order valence-corrected chi connectivity index (χ1v) is 24.3. The van der Waals surface area contributed by atoms with E-state index in [1.807, 2.05) is 49.4 Å². The molecule has 60 heavy (non-hydrogen) atoms. The van der Waals surface area contributed by atoms with Crippen LogP contribution in [0, 0.1) is 69.0 Å². The highest BCUT2D eigenvalue weighted by atomic mass is 32.2. The minimum atomic E-state index is -3.78. The summed E-state index contributed by atoms with van der Waals surface area (Å²) in [4.78, 5) is 15.1. The average Bonchev–Trinajstić information content (AvgIpc) is 3.19. The van der Waals surface area contributed by atoms with Crippen LogP contribution in [0.4, 0.5) is 0 Å². The quantitative estimate of drug-likeness (QED) is 0.168. The number of allylic oxidation sites excluding steroid dienone is 1. The Bertz CT molecular complexity index is 2010. The van der Waals surface area contributed by atoms with E-state index in [0.717, 1.165) is 49.7 Å². The molecule has 2 aromatic carbocycles. The minimum absolute atomic E-state index is 0.0497. The van der Waals surface area contributed by atoms with Gasteiger partial charge in [0.05, 0.1) is 48.9 Å². The number of aryl methyl sites for hydroxylation is 1. The van der Waals surface area contributed by atoms with Crippen molar-refractivity contribution in [2.75, 3.05) is 26.9 Å². The molecule has 12 atom stereocenters. The van der Waals surface area contributed by atoms with Gasteiger partial charge in [0.2, 0.25) is 10.0 Å². The second-order valence-electron chi connectivity index (χ2n) is 22.2. The zero-order valence-electron chi connectivity index (χ0n) is 38.7. The van der Waals surface area contributed by atoms with Gasteiger partial charge in [0.25, 0.3) is 0 Å². The molecule has 8 nitrogen and oxygen atoms in total. The lowest BCUT2D eigenvalue weighted by atomic mass is 9.34. The lowest BCUT2D eigenvalue weighted by Crippen LogP contribution is -2.70. The Balaban J connectivity index is 1.20. The van der Waals surface area contributed by atoms with E-state index in [0.29, 0.717) is 36.9 Å². The van der Waals surface area contributed by atoms with E-state index in [1.165, 1.54) is 5.57 Å². The van der Waals surface area contributed by atoms with Gasteiger partial charge in [-0.3, -0.25) is 4.79 Å². The molecule has 332 valence electrons. The molecule has 0 spiro atoms. The summed E-state index contributed by atoms with van der Waals surface area (Å²) < 4.78 is 57.0. The van der Waals surface area contributed by atoms with Crippen LogP contribution in [-0.4, -0.2) is 59.6 Å². The van der Waals surface area contributed by atoms with Crippen LogP contribution in [0.5, 0.6) is 0 Å². The standard InChI is InChI=1S/C51H75NO7S/c1-33(2)35(4)47(8)26-27-49(10)38-22-23-41-48(9)31-57-32-51(41,39(38)24-25-50(49,11)43(47)45(53)59-29-36-16-14-13-15-17-36)28-40(56-12)44(48)58-30-42(46(5,6)7)52-60(54,55)37-20-18-34(3)19-21-37/h13-21,24,33,35,38,40-44,52H,22-23,25-32H2,1-12H3/t35-,38+,40-,41+,42+,43-,44+,47-,48+,49-,50+,51+/m1/s1. The number of carbonyl (C=O) groups excluding carboxylic acids is 1. The number of sulfonamides is 1. The smallest absolute Gasteiger partial charge is 0.310 e. The fourth-order valence-electron chi connectivity index (χ4n) is 13.5. The third kappa shape index (κ3) is 7.46. The first-order chi connectivity index (χ1) is 28.1. The fraction of sp³-hybridized carbons (Fsp3) is 0.706. The maximum absolute atomic E-state index is 14.8. The third-order valence-electron chi connectivity index (χ3n) is 17.7. The highest BCUT2D eigenvalue weighted by Crippen LogP contribution is 2.75. The van der Waals surface area contributed by atoms with Gasteiger partial charge in [0.15, 0.2) is 0 Å². The molecule has 1 heterocycles. The van der Waals surface area contributed by atoms with Crippen LogP contribution < -0.4 is 4.72 Å². The summed E-state index contributed by atoms with van der Waals surface area (Å²) in [6.45, 7) is 26.4. The van der Waals surface area contributed by atoms with Crippen molar-refractivity contribution in [3.8, 4) is 0 Å². The first-order valence-electron chi connectivity index (χ1n) is 22.8. The monoisotopic (exact) mass is 846 g/mol. The Kier molecular flexibility index (Phi) is 12.3. The Hall–Kier alpha value is -2.56. The summed E-state index contributed by atoms with van der Waals surface area (Å²) in [5, 5.41) is 0. The SMILES string of the molecule is CO[C@@H]1C[C@@]23COC[C@@](C)([C@@H]2CC[C@H]2C3=CC[C@@]3(C)[C@H](C(=O)OCc4ccccc4)[C@@](C)([C@H](C)C(C)C)CC[C@]23C)[C@H]1OC[C@H](NS(=O)(=O)c1ccc(C)cc1)C(C)(C)C. The largest absolute Gasteiger partial charge is 0.461 e. The van der Waals surface area contributed by atoms with E-state index in [1.54, 1.807) is 19.2 Å². The summed E-state index contributed by atoms with van der Waals surface area (Å²) in [6, 6.07) is 16.6. The maximum Gasteiger partial charge on any atom is 0.310 e. The first kappa shape index (κ1) is 45.5. The molecule has 0 amide bonds. The fourth-order valence-corrected chi connectivity index (χ4v) is 14.9. The van der Waals surface area contributed by atoms with Crippen LogP contribution in [0.3, 0.4) is 0 Å². The van der Waals surface area contributed by atoms with Crippen LogP contribution in [0.1, 0.15) is 119 Å². The number of nitrogens with one attached hydrogen (secondary N) is 1. The zero-order chi connectivity index (χ0) is 43.7. The number of methoxy groups -OCH3 is 1. The second-order valence-corrected chi connectivity index (χ2v) is 23.9. The summed E-state index contributed by atoms with van der Waals surface area (Å²) in [5.41, 5.74) is 1.92. The molecular formula is C51H75NO7S. The summed E-state index contributed by atoms with van der Waals surface area (Å²) >= 11 is 0. The number of fused-ring (bicyclic) bond motifs is 3. The van der Waals surface area contributed by atoms with E-state index in [4.69, 9.17) is 18.9 Å². The van der Waals surface area contributed by atoms with E-state index in [9.17, 15) is 13.2 Å². The lowest BCUT2D eigenvalue weighted by molar-refractivity contribution is -0.268. The average molecular weight is 846 g/mol. The molecular weight excluding hydrogens is 771 g/mol. The van der Waals surface area contributed by atoms with Gasteiger partial charge in [-0.25, -0.2) is 13.1 Å². The molecule has 0 unspecified atom stereocenters. The number of esters is 1. The molecule has 5 aliphatic rings. The molecule has 0 aromatic heterocycles. The van der Waals surface area contributed by atoms with Crippen molar-refractivity contribution >= 4 is 16.0 Å². The summed E-state index contributed by atoms with van der Waals surface area (Å²) in [5.74, 6) is 1.09. The van der Waals surface area contributed by atoms with Gasteiger partial charge in [0.1, 0.15) is 6.61 Å². The van der Waals surface area contributed by atoms with Crippen LogP contribution in [0.25, 0.3) is 0 Å². The van der Waals surface area contributed by atoms with Crippen LogP contribution in [-0.2, 0) is 40.4 Å². The number of carbonyl (C=O) groups is 1. The van der Waals surface area contributed by atoms with Crippen molar-refractivity contribution in [3.05, 3.63) is 77.4 Å². The van der Waals surface area contributed by atoms with E-state index in [-0.39, 0.29) is 69.3 Å². The van der Waals surface area contributed by atoms with E-state index < -0.39 is 21.5 Å². The predicted molar refractivity (Wildman–Crippen MR) is 237 cm³/mol. The third-order valence-corrected chi connectivity index (χ3v) is 19.2. The predicted octanol–water partition coefficient (Wildman–Crippen LogP) is 10.3. The lowest BCUT2D eigenvalue weighted by Gasteiger charge is -2.71. The number of benzene rings is 2. The Morgan fingerprint density at radius 3 is 2.25 bits per heavy atom. The van der Waals surface area contributed by atoms with Crippen LogP contribution >= 0.6 is 0 Å².